The van der Waals surface area contributed by atoms with Gasteiger partial charge >= 0.3 is 7.12 Å². The summed E-state index contributed by atoms with van der Waals surface area (Å²) in [4.78, 5) is 3.77. The molecule has 1 saturated heterocycles. The van der Waals surface area contributed by atoms with E-state index in [1.54, 1.807) is 0 Å². The maximum atomic E-state index is 14.4. The Kier molecular flexibility index (Phi) is 4.64. The fraction of sp³-hybridized carbons (Fsp3) is 0.462. The maximum Gasteiger partial charge on any atom is 0.525 e. The number of halogens is 4. The van der Waals surface area contributed by atoms with Crippen molar-refractivity contribution >= 4 is 45.1 Å². The van der Waals surface area contributed by atoms with E-state index in [-0.39, 0.29) is 10.2 Å². The highest BCUT2D eigenvalue weighted by molar-refractivity contribution is 9.11. The minimum atomic E-state index is -1.16. The van der Waals surface area contributed by atoms with E-state index in [9.17, 15) is 8.78 Å². The lowest BCUT2D eigenvalue weighted by Gasteiger charge is -2.32. The Morgan fingerprint density at radius 1 is 1.24 bits per heavy atom. The molecule has 0 saturated carbocycles. The van der Waals surface area contributed by atoms with Gasteiger partial charge in [0.05, 0.1) is 11.2 Å². The van der Waals surface area contributed by atoms with Crippen LogP contribution in [0.1, 0.15) is 33.3 Å². The van der Waals surface area contributed by atoms with Gasteiger partial charge in [0.1, 0.15) is 10.3 Å². The summed E-state index contributed by atoms with van der Waals surface area (Å²) in [5, 5.41) is 0. The monoisotopic (exact) mass is 423 g/mol. The average Bonchev–Trinajstić information content (AvgIpc) is 2.59. The molecule has 3 nitrogen and oxygen atoms in total. The first-order valence-corrected chi connectivity index (χ1v) is 7.86. The maximum absolute atomic E-state index is 14.4. The van der Waals surface area contributed by atoms with Crippen LogP contribution in [-0.2, 0) is 9.31 Å². The molecule has 0 spiro atoms. The number of nitrogens with zero attached hydrogens (tertiary/aromatic N) is 1. The van der Waals surface area contributed by atoms with Gasteiger partial charge in [-0.05, 0) is 65.6 Å². The van der Waals surface area contributed by atoms with E-state index >= 15 is 0 Å². The molecule has 2 rings (SSSR count). The molecule has 1 aliphatic rings. The highest BCUT2D eigenvalue weighted by atomic mass is 79.9. The van der Waals surface area contributed by atoms with E-state index < -0.39 is 29.9 Å². The van der Waals surface area contributed by atoms with Crippen molar-refractivity contribution in [3.8, 4) is 0 Å². The Labute approximate surface area is 139 Å². The van der Waals surface area contributed by atoms with Crippen molar-refractivity contribution in [2.45, 2.75) is 38.9 Å². The van der Waals surface area contributed by atoms with Crippen molar-refractivity contribution < 1.29 is 18.1 Å². The Morgan fingerprint density at radius 3 is 2.29 bits per heavy atom. The summed E-state index contributed by atoms with van der Waals surface area (Å²) < 4.78 is 39.9. The summed E-state index contributed by atoms with van der Waals surface area (Å²) >= 11 is 6.12. The van der Waals surface area contributed by atoms with E-state index in [0.717, 1.165) is 6.08 Å². The van der Waals surface area contributed by atoms with Crippen LogP contribution < -0.4 is 0 Å². The van der Waals surface area contributed by atoms with Crippen LogP contribution in [0, 0.1) is 5.82 Å². The molecule has 1 aliphatic heterocycles. The third-order valence-electron chi connectivity index (χ3n) is 3.73. The first kappa shape index (κ1) is 17.1. The second-order valence-corrected chi connectivity index (χ2v) is 7.35. The van der Waals surface area contributed by atoms with Gasteiger partial charge in [-0.25, -0.2) is 13.8 Å². The van der Waals surface area contributed by atoms with Gasteiger partial charge in [0, 0.05) is 16.2 Å². The second-order valence-electron chi connectivity index (χ2n) is 5.74. The van der Waals surface area contributed by atoms with E-state index in [1.807, 2.05) is 27.7 Å². The van der Waals surface area contributed by atoms with Crippen LogP contribution >= 0.6 is 31.9 Å². The van der Waals surface area contributed by atoms with Gasteiger partial charge in [-0.15, -0.1) is 0 Å². The van der Waals surface area contributed by atoms with Crippen LogP contribution in [0.5, 0.6) is 0 Å². The van der Waals surface area contributed by atoms with Crippen LogP contribution in [0.3, 0.4) is 0 Å². The van der Waals surface area contributed by atoms with Crippen molar-refractivity contribution in [3.63, 3.8) is 0 Å². The predicted octanol–water partition coefficient (Wildman–Crippen LogP) is 4.69. The zero-order valence-electron chi connectivity index (χ0n) is 12.0. The topological polar surface area (TPSA) is 31.4 Å². The van der Waals surface area contributed by atoms with Crippen molar-refractivity contribution in [1.82, 2.24) is 4.98 Å². The summed E-state index contributed by atoms with van der Waals surface area (Å²) in [6, 6.07) is 0. The van der Waals surface area contributed by atoms with Gasteiger partial charge in [-0.2, -0.15) is 0 Å². The summed E-state index contributed by atoms with van der Waals surface area (Å²) in [6.45, 7) is 7.28. The molecule has 8 heteroatoms. The van der Waals surface area contributed by atoms with Gasteiger partial charge in [0.25, 0.3) is 0 Å². The van der Waals surface area contributed by atoms with Crippen molar-refractivity contribution in [1.29, 1.82) is 0 Å². The number of aromatic nitrogens is 1. The molecule has 1 aromatic heterocycles. The van der Waals surface area contributed by atoms with Crippen LogP contribution in [0.2, 0.25) is 0 Å². The highest BCUT2D eigenvalue weighted by Crippen LogP contribution is 2.39. The molecular weight excluding hydrogens is 411 g/mol. The molecule has 0 N–H and O–H groups in total. The van der Waals surface area contributed by atoms with E-state index in [4.69, 9.17) is 9.31 Å². The molecule has 0 radical (unpaired) electrons. The molecule has 0 aliphatic carbocycles. The fourth-order valence-electron chi connectivity index (χ4n) is 1.75. The Morgan fingerprint density at radius 2 is 1.76 bits per heavy atom. The average molecular weight is 425 g/mol. The molecule has 0 unspecified atom stereocenters. The summed E-state index contributed by atoms with van der Waals surface area (Å²) in [7, 11) is -1.16. The zero-order valence-corrected chi connectivity index (χ0v) is 15.2. The molecule has 21 heavy (non-hydrogen) atoms. The van der Waals surface area contributed by atoms with E-state index in [1.165, 1.54) is 6.20 Å². The van der Waals surface area contributed by atoms with E-state index in [2.05, 4.69) is 36.8 Å². The van der Waals surface area contributed by atoms with Crippen LogP contribution in [0.25, 0.3) is 6.08 Å². The third-order valence-corrected chi connectivity index (χ3v) is 4.91. The molecule has 1 aromatic rings. The van der Waals surface area contributed by atoms with Crippen LogP contribution in [0.4, 0.5) is 8.78 Å². The fourth-order valence-corrected chi connectivity index (χ4v) is 2.46. The quantitative estimate of drug-likeness (QED) is 0.510. The lowest BCUT2D eigenvalue weighted by molar-refractivity contribution is 0.00578. The Hall–Kier alpha value is -0.305. The van der Waals surface area contributed by atoms with Crippen LogP contribution in [-0.4, -0.2) is 23.3 Å². The van der Waals surface area contributed by atoms with Gasteiger partial charge in [0.15, 0.2) is 5.82 Å². The Balaban J connectivity index is 2.34. The van der Waals surface area contributed by atoms with Crippen molar-refractivity contribution in [2.75, 3.05) is 0 Å². The van der Waals surface area contributed by atoms with Gasteiger partial charge in [0.2, 0.25) is 0 Å². The molecule has 114 valence electrons. The van der Waals surface area contributed by atoms with Crippen molar-refractivity contribution in [3.05, 3.63) is 32.4 Å². The van der Waals surface area contributed by atoms with Crippen LogP contribution in [0.15, 0.2) is 21.0 Å². The summed E-state index contributed by atoms with van der Waals surface area (Å²) in [5.41, 5.74) is -1.97. The lowest BCUT2D eigenvalue weighted by atomic mass is 9.87. The van der Waals surface area contributed by atoms with E-state index in [0.29, 0.717) is 4.47 Å². The molecule has 2 heterocycles. The lowest BCUT2D eigenvalue weighted by Crippen LogP contribution is -2.41. The van der Waals surface area contributed by atoms with Gasteiger partial charge < -0.3 is 9.31 Å². The minimum absolute atomic E-state index is 0.0127. The molecule has 0 amide bonds. The second kappa shape index (κ2) is 5.72. The Bertz CT molecular complexity index is 592. The number of pyridine rings is 1. The number of hydrogen-bond acceptors (Lipinski definition) is 3. The minimum Gasteiger partial charge on any atom is -0.398 e. The first-order chi connectivity index (χ1) is 9.55. The van der Waals surface area contributed by atoms with Crippen molar-refractivity contribution in [2.24, 2.45) is 0 Å². The summed E-state index contributed by atoms with van der Waals surface area (Å²) in [5.74, 6) is -0.656. The predicted molar refractivity (Wildman–Crippen MR) is 84.8 cm³/mol. The van der Waals surface area contributed by atoms with Gasteiger partial charge in [-0.1, -0.05) is 0 Å². The first-order valence-electron chi connectivity index (χ1n) is 6.27. The normalized spacial score (nSPS) is 21.0. The molecule has 1 fully saturated rings. The number of rotatable bonds is 2. The third kappa shape index (κ3) is 3.23. The van der Waals surface area contributed by atoms with Gasteiger partial charge in [-0.3, -0.25) is 0 Å². The number of hydrogen-bond donors (Lipinski definition) is 0. The molecule has 0 aromatic carbocycles. The largest absolute Gasteiger partial charge is 0.525 e. The summed E-state index contributed by atoms with van der Waals surface area (Å²) in [6.07, 6.45) is 2.44. The molecular formula is C13H14BBr2F2NO2. The molecule has 0 bridgehead atoms. The molecule has 0 atom stereocenters. The zero-order chi connectivity index (χ0) is 16.0. The standard InChI is InChI=1S/C13H14BBr2F2NO2/c1-12(2)13(3,4)21-14(20-12)9(17)5-7-8(15)6-19-11(16)10(7)18/h5-6H,1-4H3. The highest BCUT2D eigenvalue weighted by Gasteiger charge is 2.53. The SMILES string of the molecule is CC1(C)OB(C(F)=Cc2c(Br)cnc(Br)c2F)OC1(C)C. The smallest absolute Gasteiger partial charge is 0.398 e.